The van der Waals surface area contributed by atoms with E-state index in [-0.39, 0.29) is 18.4 Å². The van der Waals surface area contributed by atoms with E-state index >= 15 is 0 Å². The van der Waals surface area contributed by atoms with Crippen molar-refractivity contribution in [3.8, 4) is 16.9 Å². The Balaban J connectivity index is 1.86. The van der Waals surface area contributed by atoms with Crippen molar-refractivity contribution in [1.29, 1.82) is 0 Å². The summed E-state index contributed by atoms with van der Waals surface area (Å²) in [4.78, 5) is 33.5. The second-order valence-corrected chi connectivity index (χ2v) is 8.04. The van der Waals surface area contributed by atoms with Crippen molar-refractivity contribution in [3.05, 3.63) is 66.4 Å². The number of hydrogen-bond donors (Lipinski definition) is 1. The van der Waals surface area contributed by atoms with Crippen LogP contribution >= 0.6 is 0 Å². The molecule has 0 unspecified atom stereocenters. The molecule has 168 valence electrons. The minimum atomic E-state index is -0.274. The highest BCUT2D eigenvalue weighted by atomic mass is 16.2. The van der Waals surface area contributed by atoms with Gasteiger partial charge in [0.1, 0.15) is 0 Å². The van der Waals surface area contributed by atoms with Crippen LogP contribution in [-0.4, -0.2) is 64.9 Å². The van der Waals surface area contributed by atoms with Crippen LogP contribution in [0.3, 0.4) is 0 Å². The molecule has 1 aromatic heterocycles. The third-order valence-electron chi connectivity index (χ3n) is 5.15. The fourth-order valence-corrected chi connectivity index (χ4v) is 3.29. The molecule has 0 atom stereocenters. The number of likely N-dealkylation sites (N-methyl/N-ethyl adjacent to an activating group) is 1. The molecule has 3 rings (SSSR count). The summed E-state index contributed by atoms with van der Waals surface area (Å²) in [5.74, 6) is 0.104. The Bertz CT molecular complexity index is 1040. The zero-order valence-corrected chi connectivity index (χ0v) is 19.2. The molecule has 0 aliphatic rings. The Labute approximate surface area is 189 Å². The first-order valence-corrected chi connectivity index (χ1v) is 10.8. The first-order valence-electron chi connectivity index (χ1n) is 10.8. The van der Waals surface area contributed by atoms with E-state index in [1.807, 2.05) is 91.3 Å². The third-order valence-corrected chi connectivity index (χ3v) is 5.15. The first-order chi connectivity index (χ1) is 15.4. The van der Waals surface area contributed by atoms with Gasteiger partial charge in [0.2, 0.25) is 17.8 Å². The number of nitrogens with zero attached hydrogens (tertiary/aromatic N) is 4. The fraction of sp³-hybridized carbons (Fsp3) is 0.320. The van der Waals surface area contributed by atoms with Crippen LogP contribution in [0.1, 0.15) is 18.9 Å². The molecule has 0 radical (unpaired) electrons. The highest BCUT2D eigenvalue weighted by Gasteiger charge is 2.19. The number of rotatable bonds is 9. The van der Waals surface area contributed by atoms with E-state index in [9.17, 15) is 9.59 Å². The Morgan fingerprint density at radius 2 is 1.69 bits per heavy atom. The lowest BCUT2D eigenvalue weighted by Gasteiger charge is -2.23. The Hall–Kier alpha value is -3.45. The largest absolute Gasteiger partial charge is 0.332 e. The van der Waals surface area contributed by atoms with E-state index in [1.54, 1.807) is 11.8 Å². The number of imidazole rings is 1. The standard InChI is InChI=1S/C25H31N5O2/c1-5-24(32)29(16-15-28(3)4)18-23(31)27-25-26-22(20-9-7-6-8-10-20)17-30(25)21-13-11-19(2)12-14-21/h6-14,17H,5,15-16,18H2,1-4H3,(H,26,27,31). The molecule has 7 nitrogen and oxygen atoms in total. The number of amides is 2. The van der Waals surface area contributed by atoms with Crippen molar-refractivity contribution >= 4 is 17.8 Å². The minimum Gasteiger partial charge on any atom is -0.332 e. The van der Waals surface area contributed by atoms with Gasteiger partial charge in [0.25, 0.3) is 0 Å². The monoisotopic (exact) mass is 433 g/mol. The lowest BCUT2D eigenvalue weighted by atomic mass is 10.2. The summed E-state index contributed by atoms with van der Waals surface area (Å²) in [6.45, 7) is 5.01. The predicted octanol–water partition coefficient (Wildman–Crippen LogP) is 3.59. The van der Waals surface area contributed by atoms with Crippen LogP contribution in [0.2, 0.25) is 0 Å². The van der Waals surface area contributed by atoms with E-state index in [4.69, 9.17) is 0 Å². The molecule has 0 fully saturated rings. The lowest BCUT2D eigenvalue weighted by Crippen LogP contribution is -2.41. The maximum absolute atomic E-state index is 12.9. The van der Waals surface area contributed by atoms with E-state index in [0.29, 0.717) is 25.5 Å². The van der Waals surface area contributed by atoms with Gasteiger partial charge in [0, 0.05) is 37.0 Å². The van der Waals surface area contributed by atoms with Gasteiger partial charge < -0.3 is 9.80 Å². The molecule has 0 aliphatic carbocycles. The summed E-state index contributed by atoms with van der Waals surface area (Å²) in [7, 11) is 3.89. The van der Waals surface area contributed by atoms with E-state index in [2.05, 4.69) is 10.3 Å². The minimum absolute atomic E-state index is 0.0120. The van der Waals surface area contributed by atoms with Crippen molar-refractivity contribution in [2.45, 2.75) is 20.3 Å². The zero-order chi connectivity index (χ0) is 23.1. The van der Waals surface area contributed by atoms with Gasteiger partial charge >= 0.3 is 0 Å². The van der Waals surface area contributed by atoms with Crippen LogP contribution in [0.15, 0.2) is 60.8 Å². The van der Waals surface area contributed by atoms with Crippen molar-refractivity contribution in [2.24, 2.45) is 0 Å². The number of aryl methyl sites for hydroxylation is 1. The Morgan fingerprint density at radius 1 is 1.00 bits per heavy atom. The van der Waals surface area contributed by atoms with Crippen molar-refractivity contribution in [2.75, 3.05) is 39.0 Å². The van der Waals surface area contributed by atoms with E-state index < -0.39 is 0 Å². The molecular weight excluding hydrogens is 402 g/mol. The molecule has 0 spiro atoms. The number of aromatic nitrogens is 2. The van der Waals surface area contributed by atoms with Gasteiger partial charge in [-0.15, -0.1) is 0 Å². The SMILES string of the molecule is CCC(=O)N(CCN(C)C)CC(=O)Nc1nc(-c2ccccc2)cn1-c1ccc(C)cc1. The van der Waals surface area contributed by atoms with Crippen molar-refractivity contribution < 1.29 is 9.59 Å². The van der Waals surface area contributed by atoms with E-state index in [1.165, 1.54) is 0 Å². The topological polar surface area (TPSA) is 70.5 Å². The lowest BCUT2D eigenvalue weighted by molar-refractivity contribution is -0.134. The van der Waals surface area contributed by atoms with Crippen LogP contribution in [0.5, 0.6) is 0 Å². The molecule has 7 heteroatoms. The average molecular weight is 434 g/mol. The van der Waals surface area contributed by atoms with Crippen molar-refractivity contribution in [1.82, 2.24) is 19.4 Å². The number of carbonyl (C=O) groups excluding carboxylic acids is 2. The summed E-state index contributed by atoms with van der Waals surface area (Å²) >= 11 is 0. The van der Waals surface area contributed by atoms with Gasteiger partial charge in [-0.1, -0.05) is 55.0 Å². The van der Waals surface area contributed by atoms with Gasteiger partial charge in [-0.3, -0.25) is 19.5 Å². The molecule has 2 aromatic carbocycles. The molecule has 0 saturated heterocycles. The number of nitrogens with one attached hydrogen (secondary N) is 1. The number of hydrogen-bond acceptors (Lipinski definition) is 4. The van der Waals surface area contributed by atoms with Crippen LogP contribution in [0.25, 0.3) is 16.9 Å². The van der Waals surface area contributed by atoms with Crippen LogP contribution in [0, 0.1) is 6.92 Å². The maximum atomic E-state index is 12.9. The molecule has 1 heterocycles. The van der Waals surface area contributed by atoms with Crippen LogP contribution in [-0.2, 0) is 9.59 Å². The van der Waals surface area contributed by atoms with Gasteiger partial charge in [0.15, 0.2) is 0 Å². The summed E-state index contributed by atoms with van der Waals surface area (Å²) < 4.78 is 1.87. The highest BCUT2D eigenvalue weighted by Crippen LogP contribution is 2.24. The fourth-order valence-electron chi connectivity index (χ4n) is 3.29. The molecule has 32 heavy (non-hydrogen) atoms. The van der Waals surface area contributed by atoms with Gasteiger partial charge in [-0.05, 0) is 33.2 Å². The summed E-state index contributed by atoms with van der Waals surface area (Å²) in [5, 5.41) is 2.92. The van der Waals surface area contributed by atoms with Gasteiger partial charge in [-0.25, -0.2) is 4.98 Å². The van der Waals surface area contributed by atoms with Crippen LogP contribution in [0.4, 0.5) is 5.95 Å². The summed E-state index contributed by atoms with van der Waals surface area (Å²) in [5.41, 5.74) is 3.77. The third kappa shape index (κ3) is 6.04. The molecular formula is C25H31N5O2. The average Bonchev–Trinajstić information content (AvgIpc) is 3.20. The highest BCUT2D eigenvalue weighted by molar-refractivity contribution is 5.93. The first kappa shape index (κ1) is 23.2. The Kier molecular flexibility index (Phi) is 7.78. The summed E-state index contributed by atoms with van der Waals surface area (Å²) in [6.07, 6.45) is 2.27. The van der Waals surface area contributed by atoms with E-state index in [0.717, 1.165) is 22.5 Å². The number of benzene rings is 2. The van der Waals surface area contributed by atoms with Crippen LogP contribution < -0.4 is 5.32 Å². The molecule has 0 bridgehead atoms. The second kappa shape index (κ2) is 10.7. The molecule has 1 N–H and O–H groups in total. The molecule has 3 aromatic rings. The number of anilines is 1. The molecule has 2 amide bonds. The maximum Gasteiger partial charge on any atom is 0.246 e. The smallest absolute Gasteiger partial charge is 0.246 e. The number of carbonyl (C=O) groups is 2. The predicted molar refractivity (Wildman–Crippen MR) is 128 cm³/mol. The summed E-state index contributed by atoms with van der Waals surface area (Å²) in [6, 6.07) is 17.9. The van der Waals surface area contributed by atoms with Crippen molar-refractivity contribution in [3.63, 3.8) is 0 Å². The zero-order valence-electron chi connectivity index (χ0n) is 19.2. The Morgan fingerprint density at radius 3 is 2.31 bits per heavy atom. The second-order valence-electron chi connectivity index (χ2n) is 8.04. The molecule has 0 aliphatic heterocycles. The van der Waals surface area contributed by atoms with Gasteiger partial charge in [0.05, 0.1) is 12.2 Å². The quantitative estimate of drug-likeness (QED) is 0.560. The van der Waals surface area contributed by atoms with Gasteiger partial charge in [-0.2, -0.15) is 0 Å². The normalized spacial score (nSPS) is 10.9. The molecule has 0 saturated carbocycles.